The highest BCUT2D eigenvalue weighted by atomic mass is 19.1. The summed E-state index contributed by atoms with van der Waals surface area (Å²) in [5.74, 6) is 0.270. The summed E-state index contributed by atoms with van der Waals surface area (Å²) in [7, 11) is 1.54. The minimum Gasteiger partial charge on any atom is -0.497 e. The van der Waals surface area contributed by atoms with Crippen LogP contribution >= 0.6 is 0 Å². The molecule has 0 aromatic heterocycles. The highest BCUT2D eigenvalue weighted by molar-refractivity contribution is 5.75. The number of rotatable bonds is 2. The van der Waals surface area contributed by atoms with Crippen molar-refractivity contribution in [2.75, 3.05) is 13.7 Å². The molecule has 19 heavy (non-hydrogen) atoms. The van der Waals surface area contributed by atoms with Crippen molar-refractivity contribution in [3.8, 4) is 22.6 Å². The Labute approximate surface area is 109 Å². The minimum absolute atomic E-state index is 0.192. The summed E-state index contributed by atoms with van der Waals surface area (Å²) in [5, 5.41) is 0. The van der Waals surface area contributed by atoms with E-state index in [4.69, 9.17) is 9.47 Å². The first-order chi connectivity index (χ1) is 9.19. The van der Waals surface area contributed by atoms with Gasteiger partial charge in [0, 0.05) is 23.1 Å². The number of benzene rings is 2. The Morgan fingerprint density at radius 1 is 1.11 bits per heavy atom. The first-order valence-corrected chi connectivity index (χ1v) is 5.98. The Morgan fingerprint density at radius 3 is 2.74 bits per heavy atom. The monoisotopic (exact) mass is 262 g/mol. The van der Waals surface area contributed by atoms with Crippen LogP contribution in [0.2, 0.25) is 0 Å². The van der Waals surface area contributed by atoms with Crippen LogP contribution in [0.25, 0.3) is 11.1 Å². The predicted molar refractivity (Wildman–Crippen MR) is 67.5 cm³/mol. The molecule has 0 bridgehead atoms. The van der Waals surface area contributed by atoms with Gasteiger partial charge in [-0.1, -0.05) is 0 Å². The lowest BCUT2D eigenvalue weighted by Gasteiger charge is -2.11. The lowest BCUT2D eigenvalue weighted by atomic mass is 10.00. The summed E-state index contributed by atoms with van der Waals surface area (Å²) in [6.45, 7) is 0.548. The van der Waals surface area contributed by atoms with Gasteiger partial charge in [0.2, 0.25) is 0 Å². The van der Waals surface area contributed by atoms with E-state index in [0.29, 0.717) is 23.7 Å². The maximum Gasteiger partial charge on any atom is 0.131 e. The molecule has 0 fully saturated rings. The third-order valence-electron chi connectivity index (χ3n) is 3.21. The fraction of sp³-hybridized carbons (Fsp3) is 0.200. The van der Waals surface area contributed by atoms with Gasteiger partial charge in [0.1, 0.15) is 23.1 Å². The van der Waals surface area contributed by atoms with Crippen LogP contribution in [-0.4, -0.2) is 13.7 Å². The molecule has 0 unspecified atom stereocenters. The van der Waals surface area contributed by atoms with E-state index in [0.717, 1.165) is 24.1 Å². The van der Waals surface area contributed by atoms with Crippen molar-refractivity contribution in [2.45, 2.75) is 6.42 Å². The zero-order valence-electron chi connectivity index (χ0n) is 10.4. The number of methoxy groups -OCH3 is 1. The largest absolute Gasteiger partial charge is 0.497 e. The van der Waals surface area contributed by atoms with Gasteiger partial charge in [0.05, 0.1) is 13.7 Å². The second-order valence-corrected chi connectivity index (χ2v) is 4.39. The van der Waals surface area contributed by atoms with E-state index in [1.54, 1.807) is 13.2 Å². The quantitative estimate of drug-likeness (QED) is 0.823. The number of fused-ring (bicyclic) bond motifs is 1. The minimum atomic E-state index is -0.481. The van der Waals surface area contributed by atoms with Gasteiger partial charge in [-0.2, -0.15) is 0 Å². The van der Waals surface area contributed by atoms with Crippen molar-refractivity contribution >= 4 is 0 Å². The average molecular weight is 262 g/mol. The summed E-state index contributed by atoms with van der Waals surface area (Å²) in [6, 6.07) is 6.92. The zero-order chi connectivity index (χ0) is 13.4. The maximum atomic E-state index is 13.9. The molecule has 3 rings (SSSR count). The SMILES string of the molecule is COc1cc2c(c(-c3cc(F)ccc3F)c1)OCC2. The molecule has 0 saturated heterocycles. The van der Waals surface area contributed by atoms with E-state index in [1.165, 1.54) is 6.07 Å². The molecule has 1 heterocycles. The molecule has 1 aliphatic heterocycles. The van der Waals surface area contributed by atoms with Crippen LogP contribution in [0, 0.1) is 11.6 Å². The first kappa shape index (κ1) is 12.0. The summed E-state index contributed by atoms with van der Waals surface area (Å²) < 4.78 is 38.0. The van der Waals surface area contributed by atoms with Crippen LogP contribution < -0.4 is 9.47 Å². The van der Waals surface area contributed by atoms with Crippen molar-refractivity contribution in [2.24, 2.45) is 0 Å². The number of halogens is 2. The first-order valence-electron chi connectivity index (χ1n) is 5.98. The molecule has 0 spiro atoms. The standard InChI is InChI=1S/C15H12F2O2/c1-18-11-6-9-4-5-19-15(9)13(8-11)12-7-10(16)2-3-14(12)17/h2-3,6-8H,4-5H2,1H3. The second-order valence-electron chi connectivity index (χ2n) is 4.39. The third-order valence-corrected chi connectivity index (χ3v) is 3.21. The summed E-state index contributed by atoms with van der Waals surface area (Å²) >= 11 is 0. The highest BCUT2D eigenvalue weighted by Gasteiger charge is 2.21. The Morgan fingerprint density at radius 2 is 1.95 bits per heavy atom. The van der Waals surface area contributed by atoms with Gasteiger partial charge in [-0.25, -0.2) is 8.78 Å². The van der Waals surface area contributed by atoms with Crippen molar-refractivity contribution in [1.82, 2.24) is 0 Å². The highest BCUT2D eigenvalue weighted by Crippen LogP contribution is 2.41. The molecular weight excluding hydrogens is 250 g/mol. The van der Waals surface area contributed by atoms with E-state index < -0.39 is 11.6 Å². The topological polar surface area (TPSA) is 18.5 Å². The lowest BCUT2D eigenvalue weighted by Crippen LogP contribution is -1.93. The van der Waals surface area contributed by atoms with E-state index in [1.807, 2.05) is 6.07 Å². The van der Waals surface area contributed by atoms with Crippen LogP contribution in [0.5, 0.6) is 11.5 Å². The molecule has 0 amide bonds. The van der Waals surface area contributed by atoms with Crippen molar-refractivity contribution < 1.29 is 18.3 Å². The zero-order valence-corrected chi connectivity index (χ0v) is 10.4. The smallest absolute Gasteiger partial charge is 0.131 e. The van der Waals surface area contributed by atoms with Gasteiger partial charge in [0.25, 0.3) is 0 Å². The Kier molecular flexibility index (Phi) is 2.85. The van der Waals surface area contributed by atoms with Crippen molar-refractivity contribution in [3.63, 3.8) is 0 Å². The fourth-order valence-electron chi connectivity index (χ4n) is 2.30. The molecule has 98 valence electrons. The van der Waals surface area contributed by atoms with Crippen molar-refractivity contribution in [1.29, 1.82) is 0 Å². The number of ether oxygens (including phenoxy) is 2. The molecule has 2 aromatic carbocycles. The molecule has 2 aromatic rings. The van der Waals surface area contributed by atoms with Crippen LogP contribution in [0.1, 0.15) is 5.56 Å². The maximum absolute atomic E-state index is 13.9. The molecule has 0 saturated carbocycles. The summed E-state index contributed by atoms with van der Waals surface area (Å²) in [4.78, 5) is 0. The van der Waals surface area contributed by atoms with Gasteiger partial charge >= 0.3 is 0 Å². The average Bonchev–Trinajstić information content (AvgIpc) is 2.88. The Bertz CT molecular complexity index is 638. The van der Waals surface area contributed by atoms with Crippen LogP contribution in [0.3, 0.4) is 0 Å². The van der Waals surface area contributed by atoms with Gasteiger partial charge in [0.15, 0.2) is 0 Å². The van der Waals surface area contributed by atoms with E-state index in [9.17, 15) is 8.78 Å². The van der Waals surface area contributed by atoms with Crippen LogP contribution in [0.15, 0.2) is 30.3 Å². The predicted octanol–water partition coefficient (Wildman–Crippen LogP) is 3.58. The summed E-state index contributed by atoms with van der Waals surface area (Å²) in [6.07, 6.45) is 0.746. The van der Waals surface area contributed by atoms with Gasteiger partial charge in [-0.3, -0.25) is 0 Å². The molecule has 2 nitrogen and oxygen atoms in total. The molecule has 0 atom stereocenters. The van der Waals surface area contributed by atoms with E-state index >= 15 is 0 Å². The van der Waals surface area contributed by atoms with Crippen molar-refractivity contribution in [3.05, 3.63) is 47.5 Å². The van der Waals surface area contributed by atoms with Gasteiger partial charge in [-0.15, -0.1) is 0 Å². The Balaban J connectivity index is 2.24. The molecule has 0 radical (unpaired) electrons. The normalized spacial score (nSPS) is 13.0. The van der Waals surface area contributed by atoms with Crippen LogP contribution in [-0.2, 0) is 6.42 Å². The van der Waals surface area contributed by atoms with E-state index in [2.05, 4.69) is 0 Å². The second kappa shape index (κ2) is 4.53. The molecular formula is C15H12F2O2. The van der Waals surface area contributed by atoms with Gasteiger partial charge < -0.3 is 9.47 Å². The molecule has 0 N–H and O–H groups in total. The lowest BCUT2D eigenvalue weighted by molar-refractivity contribution is 0.357. The fourth-order valence-corrected chi connectivity index (χ4v) is 2.30. The van der Waals surface area contributed by atoms with Crippen LogP contribution in [0.4, 0.5) is 8.78 Å². The molecule has 4 heteroatoms. The Hall–Kier alpha value is -2.10. The van der Waals surface area contributed by atoms with Gasteiger partial charge in [-0.05, 0) is 30.3 Å². The number of hydrogen-bond donors (Lipinski definition) is 0. The summed E-state index contributed by atoms with van der Waals surface area (Å²) in [5.41, 5.74) is 1.68. The number of hydrogen-bond acceptors (Lipinski definition) is 2. The third kappa shape index (κ3) is 2.03. The molecule has 0 aliphatic carbocycles. The molecule has 1 aliphatic rings. The van der Waals surface area contributed by atoms with E-state index in [-0.39, 0.29) is 5.56 Å².